The highest BCUT2D eigenvalue weighted by Gasteiger charge is 2.53. The summed E-state index contributed by atoms with van der Waals surface area (Å²) in [5.74, 6) is 4.31. The van der Waals surface area contributed by atoms with Crippen LogP contribution in [0.2, 0.25) is 0 Å². The molecule has 19 fully saturated rings. The molecular weight excluding hydrogens is 1410 g/mol. The average Bonchev–Trinajstić information content (AvgIpc) is 1.58. The highest BCUT2D eigenvalue weighted by Crippen LogP contribution is 2.51. The standard InChI is InChI=1S/2C10H19NO.C9H20N2.2C9H17N.2C8H15NO.2C8H17N.C7H12F3N.C7H15N/c2*1-7(2)11-8(3)10-5-4-9(11)6-12-10;1-8(2)11-6-5-10(4)7-9(11)3;2*1-6(2)10-5-8-4-9(8)7(10)3;2*1-6(2)9-4-8-3-7(9)5-10-8;2*1-7(2)9-6-4-5-8(9)3;1-5(2)11-4-3-6(11)7(8,9)10;1-6(2)8-5-4-7(8)3/h2*7-10H,4-6H2,1-3H3;8-9H,5-7H2,1-4H3;2*6-9H,4-5H2,1-3H3;2*6-8H,3-5H2,1-2H3;2*7-8H,4-6H2,1-3H3;5-6H,3-4H2,1-2H3;6-7H,4-5H2,1-3H3/t2*8-,9?,10?;9-;2*7-,8?,9?;2*7-,8-;2*8-;6-;7-/m10110101000/s1. The number of ether oxygens (including phenoxy) is 4. The van der Waals surface area contributed by atoms with Gasteiger partial charge in [0.15, 0.2) is 0 Å². The zero-order valence-corrected chi connectivity index (χ0v) is 78.6. The minimum absolute atomic E-state index is 0.00961. The molecule has 8 bridgehead atoms. The van der Waals surface area contributed by atoms with E-state index in [-0.39, 0.29) is 12.5 Å². The predicted molar refractivity (Wildman–Crippen MR) is 466 cm³/mol. The normalized spacial score (nSPS) is 37.1. The third kappa shape index (κ3) is 27.8. The highest BCUT2D eigenvalue weighted by molar-refractivity contribution is 5.05. The molecule has 17 heterocycles. The van der Waals surface area contributed by atoms with Crippen LogP contribution < -0.4 is 0 Å². The molecule has 19 heteroatoms. The van der Waals surface area contributed by atoms with Crippen molar-refractivity contribution < 1.29 is 32.1 Å². The molecule has 17 aliphatic heterocycles. The monoisotopic (exact) mass is 1590 g/mol. The Hall–Kier alpha value is -0.850. The molecule has 660 valence electrons. The van der Waals surface area contributed by atoms with E-state index in [0.29, 0.717) is 85.3 Å². The van der Waals surface area contributed by atoms with Crippen molar-refractivity contribution in [2.24, 2.45) is 23.7 Å². The lowest BCUT2D eigenvalue weighted by molar-refractivity contribution is -0.216. The van der Waals surface area contributed by atoms with E-state index in [4.69, 9.17) is 18.9 Å². The lowest BCUT2D eigenvalue weighted by atomic mass is 9.90. The zero-order valence-electron chi connectivity index (χ0n) is 78.6. The van der Waals surface area contributed by atoms with Gasteiger partial charge in [0, 0.05) is 198 Å². The first-order valence-corrected chi connectivity index (χ1v) is 47.1. The zero-order chi connectivity index (χ0) is 83.2. The smallest absolute Gasteiger partial charge is 0.375 e. The number of likely N-dealkylation sites (N-methyl/N-ethyl adjacent to an activating group) is 1. The Morgan fingerprint density at radius 2 is 0.625 bits per heavy atom. The van der Waals surface area contributed by atoms with Crippen LogP contribution in [0.4, 0.5) is 13.2 Å². The van der Waals surface area contributed by atoms with Gasteiger partial charge in [-0.25, -0.2) is 0 Å². The Morgan fingerprint density at radius 3 is 0.786 bits per heavy atom. The van der Waals surface area contributed by atoms with Gasteiger partial charge < -0.3 is 23.8 Å². The van der Waals surface area contributed by atoms with Gasteiger partial charge in [-0.1, -0.05) is 0 Å². The Labute approximate surface area is 689 Å². The molecule has 19 aliphatic rings. The van der Waals surface area contributed by atoms with Crippen molar-refractivity contribution in [2.45, 2.75) is 473 Å². The minimum Gasteiger partial charge on any atom is -0.375 e. The van der Waals surface area contributed by atoms with Crippen LogP contribution in [0, 0.1) is 23.7 Å². The van der Waals surface area contributed by atoms with Gasteiger partial charge in [-0.2, -0.15) is 13.2 Å². The molecule has 17 saturated heterocycles. The number of nitrogens with zero attached hydrogens (tertiary/aromatic N) is 12. The quantitative estimate of drug-likeness (QED) is 0.197. The summed E-state index contributed by atoms with van der Waals surface area (Å²) in [5, 5.41) is 0. The molecule has 0 aromatic rings. The summed E-state index contributed by atoms with van der Waals surface area (Å²) in [7, 11) is 2.20. The van der Waals surface area contributed by atoms with Crippen LogP contribution in [0.3, 0.4) is 0 Å². The number of piperidine rings is 4. The summed E-state index contributed by atoms with van der Waals surface area (Å²) in [6.07, 6.45) is 16.2. The molecule has 8 unspecified atom stereocenters. The van der Waals surface area contributed by atoms with Crippen molar-refractivity contribution in [2.75, 3.05) is 105 Å². The molecule has 0 spiro atoms. The van der Waals surface area contributed by atoms with Crippen LogP contribution in [0.5, 0.6) is 0 Å². The summed E-state index contributed by atoms with van der Waals surface area (Å²) in [6, 6.07) is 15.3. The summed E-state index contributed by atoms with van der Waals surface area (Å²) in [6.45, 7) is 85.0. The van der Waals surface area contributed by atoms with Gasteiger partial charge in [-0.3, -0.25) is 53.9 Å². The van der Waals surface area contributed by atoms with E-state index in [9.17, 15) is 13.2 Å². The molecule has 0 amide bonds. The number of likely N-dealkylation sites (tertiary alicyclic amines) is 8. The van der Waals surface area contributed by atoms with Crippen molar-refractivity contribution in [3.05, 3.63) is 0 Å². The number of piperazine rings is 1. The first kappa shape index (κ1) is 98.3. The summed E-state index contributed by atoms with van der Waals surface area (Å²) >= 11 is 0. The molecule has 112 heavy (non-hydrogen) atoms. The van der Waals surface area contributed by atoms with Gasteiger partial charge in [0.2, 0.25) is 0 Å². The first-order valence-electron chi connectivity index (χ1n) is 47.1. The van der Waals surface area contributed by atoms with Crippen LogP contribution in [-0.4, -0.2) is 340 Å². The van der Waals surface area contributed by atoms with Crippen LogP contribution in [-0.2, 0) is 18.9 Å². The maximum atomic E-state index is 12.1. The maximum Gasteiger partial charge on any atom is 0.404 e. The number of hydrogen-bond donors (Lipinski definition) is 0. The fraction of sp³-hybridized carbons (Fsp3) is 1.00. The van der Waals surface area contributed by atoms with Crippen LogP contribution in [0.15, 0.2) is 0 Å². The van der Waals surface area contributed by atoms with E-state index in [1.165, 1.54) is 154 Å². The van der Waals surface area contributed by atoms with Crippen molar-refractivity contribution in [3.8, 4) is 0 Å². The molecule has 0 N–H and O–H groups in total. The Kier molecular flexibility index (Phi) is 39.8. The van der Waals surface area contributed by atoms with E-state index in [1.807, 2.05) is 0 Å². The highest BCUT2D eigenvalue weighted by atomic mass is 19.4. The predicted octanol–water partition coefficient (Wildman–Crippen LogP) is 16.8. The number of rotatable bonds is 11. The molecule has 21 atom stereocenters. The molecule has 2 saturated carbocycles. The molecule has 2 aliphatic carbocycles. The largest absolute Gasteiger partial charge is 0.404 e. The molecule has 0 aromatic heterocycles. The molecule has 0 radical (unpaired) electrons. The lowest BCUT2D eigenvalue weighted by Crippen LogP contribution is -2.61. The Morgan fingerprint density at radius 1 is 0.286 bits per heavy atom. The molecular formula is C93H183F3N12O4. The summed E-state index contributed by atoms with van der Waals surface area (Å²) in [5.41, 5.74) is 0. The third-order valence-corrected chi connectivity index (χ3v) is 29.5. The number of morpholine rings is 4. The van der Waals surface area contributed by atoms with E-state index in [2.05, 4.69) is 255 Å². The fourth-order valence-electron chi connectivity index (χ4n) is 22.6. The topological polar surface area (TPSA) is 75.8 Å². The van der Waals surface area contributed by atoms with Gasteiger partial charge in [0.05, 0.1) is 50.8 Å². The van der Waals surface area contributed by atoms with Crippen molar-refractivity contribution >= 4 is 0 Å². The second kappa shape index (κ2) is 45.3. The van der Waals surface area contributed by atoms with Gasteiger partial charge >= 0.3 is 6.18 Å². The summed E-state index contributed by atoms with van der Waals surface area (Å²) in [4.78, 5) is 29.7. The van der Waals surface area contributed by atoms with Crippen molar-refractivity contribution in [1.29, 1.82) is 0 Å². The van der Waals surface area contributed by atoms with Gasteiger partial charge in [-0.15, -0.1) is 0 Å². The average molecular weight is 1590 g/mol. The molecule has 0 aromatic carbocycles. The summed E-state index contributed by atoms with van der Waals surface area (Å²) < 4.78 is 58.6. The minimum atomic E-state index is -4.03. The second-order valence-electron chi connectivity index (χ2n) is 41.2. The number of fused-ring (bicyclic) bond motifs is 12. The lowest BCUT2D eigenvalue weighted by Gasteiger charge is -2.51. The first-order chi connectivity index (χ1) is 52.5. The number of halogens is 3. The van der Waals surface area contributed by atoms with Crippen LogP contribution in [0.1, 0.15) is 298 Å². The number of hydrogen-bond acceptors (Lipinski definition) is 16. The fourth-order valence-corrected chi connectivity index (χ4v) is 22.6. The molecule has 19 rings (SSSR count). The Balaban J connectivity index is 0.000000171. The van der Waals surface area contributed by atoms with Crippen molar-refractivity contribution in [3.63, 3.8) is 0 Å². The van der Waals surface area contributed by atoms with Gasteiger partial charge in [0.25, 0.3) is 0 Å². The number of alkyl halides is 3. The van der Waals surface area contributed by atoms with E-state index < -0.39 is 12.2 Å². The second-order valence-corrected chi connectivity index (χ2v) is 41.2. The van der Waals surface area contributed by atoms with Crippen LogP contribution in [0.25, 0.3) is 0 Å². The maximum absolute atomic E-state index is 12.1. The van der Waals surface area contributed by atoms with Crippen LogP contribution >= 0.6 is 0 Å². The van der Waals surface area contributed by atoms with Gasteiger partial charge in [-0.05, 0) is 341 Å². The van der Waals surface area contributed by atoms with E-state index in [1.54, 1.807) is 13.8 Å². The Bertz CT molecular complexity index is 2430. The van der Waals surface area contributed by atoms with E-state index >= 15 is 0 Å². The van der Waals surface area contributed by atoms with Gasteiger partial charge in [0.1, 0.15) is 6.04 Å². The SMILES string of the molecule is CC(C)N1C2CCC(OC2)[C@@H]1C.CC(C)N1C2CCC(OC2)[C@H]1C.CC(C)N1CC2CC2[C@@H]1C.CC(C)N1CC2CC2[C@H]1C.CC(C)N1CCC[C@@H]1C.CC(C)N1CCC[C@H]1C.CC(C)N1CCN(C)C[C@H]1C.CC(C)N1CC[C@@H]1C.CC(C)N1CC[C@H]1C(F)(F)F.CC(C)N1C[C@@H]2C[C@H]1CO2.CC(C)N1C[C@H]2C[C@@H]1CO2. The van der Waals surface area contributed by atoms with E-state index in [0.717, 1.165) is 129 Å². The van der Waals surface area contributed by atoms with Crippen molar-refractivity contribution in [1.82, 2.24) is 58.8 Å². The third-order valence-electron chi connectivity index (χ3n) is 29.5. The molecule has 16 nitrogen and oxygen atoms in total.